The molecular formula is C16H19N5S. The summed E-state index contributed by atoms with van der Waals surface area (Å²) in [7, 11) is 0. The largest absolute Gasteiger partial charge is 0.368 e. The number of hydrogen-bond donors (Lipinski definition) is 2. The predicted octanol–water partition coefficient (Wildman–Crippen LogP) is 3.13. The van der Waals surface area contributed by atoms with Gasteiger partial charge in [-0.1, -0.05) is 0 Å². The molecule has 0 spiro atoms. The monoisotopic (exact) mass is 313 g/mol. The van der Waals surface area contributed by atoms with E-state index in [1.807, 2.05) is 19.1 Å². The first-order valence-corrected chi connectivity index (χ1v) is 8.05. The molecule has 3 aromatic heterocycles. The van der Waals surface area contributed by atoms with Gasteiger partial charge in [0.2, 0.25) is 0 Å². The van der Waals surface area contributed by atoms with Gasteiger partial charge in [-0.25, -0.2) is 9.97 Å². The number of fused-ring (bicyclic) bond motifs is 1. The summed E-state index contributed by atoms with van der Waals surface area (Å²) in [5.41, 5.74) is 8.06. The molecule has 0 unspecified atom stereocenters. The molecule has 0 amide bonds. The molecule has 114 valence electrons. The van der Waals surface area contributed by atoms with Crippen LogP contribution in [0.2, 0.25) is 0 Å². The number of anilines is 1. The summed E-state index contributed by atoms with van der Waals surface area (Å²) in [5.74, 6) is 1.57. The summed E-state index contributed by atoms with van der Waals surface area (Å²) in [4.78, 5) is 15.8. The van der Waals surface area contributed by atoms with Crippen LogP contribution in [-0.2, 0) is 0 Å². The molecule has 0 fully saturated rings. The highest BCUT2D eigenvalue weighted by atomic mass is 32.1. The Morgan fingerprint density at radius 1 is 1.23 bits per heavy atom. The number of aromatic nitrogens is 3. The van der Waals surface area contributed by atoms with E-state index in [9.17, 15) is 0 Å². The van der Waals surface area contributed by atoms with Gasteiger partial charge in [0, 0.05) is 35.4 Å². The van der Waals surface area contributed by atoms with Gasteiger partial charge in [0.1, 0.15) is 10.6 Å². The minimum absolute atomic E-state index is 0.0643. The van der Waals surface area contributed by atoms with Crippen LogP contribution in [0, 0.1) is 13.8 Å². The van der Waals surface area contributed by atoms with Crippen LogP contribution in [-0.4, -0.2) is 27.5 Å². The number of pyridine rings is 1. The molecule has 3 aromatic rings. The molecule has 0 bridgehead atoms. The van der Waals surface area contributed by atoms with Crippen molar-refractivity contribution in [2.24, 2.45) is 5.73 Å². The molecule has 5 nitrogen and oxygen atoms in total. The maximum absolute atomic E-state index is 5.87. The molecule has 1 atom stereocenters. The third-order valence-electron chi connectivity index (χ3n) is 3.56. The molecule has 0 aliphatic heterocycles. The molecule has 3 rings (SSSR count). The van der Waals surface area contributed by atoms with Crippen molar-refractivity contribution >= 4 is 27.4 Å². The van der Waals surface area contributed by atoms with Crippen molar-refractivity contribution in [2.75, 3.05) is 11.9 Å². The summed E-state index contributed by atoms with van der Waals surface area (Å²) in [6, 6.07) is 3.91. The fourth-order valence-corrected chi connectivity index (χ4v) is 3.29. The highest BCUT2D eigenvalue weighted by Crippen LogP contribution is 2.34. The van der Waals surface area contributed by atoms with Crippen LogP contribution in [0.5, 0.6) is 0 Å². The third kappa shape index (κ3) is 2.80. The fraction of sp³-hybridized carbons (Fsp3) is 0.312. The number of hydrogen-bond acceptors (Lipinski definition) is 6. The van der Waals surface area contributed by atoms with Gasteiger partial charge in [0.25, 0.3) is 0 Å². The Morgan fingerprint density at radius 2 is 1.95 bits per heavy atom. The van der Waals surface area contributed by atoms with Crippen LogP contribution in [0.15, 0.2) is 24.5 Å². The normalized spacial score (nSPS) is 12.5. The van der Waals surface area contributed by atoms with Gasteiger partial charge in [0.05, 0.1) is 5.39 Å². The average molecular weight is 313 g/mol. The second-order valence-corrected chi connectivity index (χ2v) is 6.66. The van der Waals surface area contributed by atoms with Gasteiger partial charge in [-0.15, -0.1) is 11.3 Å². The predicted molar refractivity (Wildman–Crippen MR) is 92.3 cm³/mol. The lowest BCUT2D eigenvalue weighted by atomic mass is 10.2. The molecule has 22 heavy (non-hydrogen) atoms. The molecule has 3 N–H and O–H groups in total. The SMILES string of the molecule is Cc1sc2nc(-c3ccncc3)nc(NC[C@H](C)N)c2c1C. The van der Waals surface area contributed by atoms with Crippen molar-refractivity contribution in [1.29, 1.82) is 0 Å². The van der Waals surface area contributed by atoms with Gasteiger partial charge in [0.15, 0.2) is 5.82 Å². The van der Waals surface area contributed by atoms with Crippen LogP contribution in [0.4, 0.5) is 5.82 Å². The van der Waals surface area contributed by atoms with Gasteiger partial charge in [-0.05, 0) is 38.5 Å². The number of nitrogens with zero attached hydrogens (tertiary/aromatic N) is 3. The van der Waals surface area contributed by atoms with Gasteiger partial charge < -0.3 is 11.1 Å². The molecule has 0 saturated heterocycles. The van der Waals surface area contributed by atoms with E-state index in [1.54, 1.807) is 23.7 Å². The van der Waals surface area contributed by atoms with Gasteiger partial charge >= 0.3 is 0 Å². The summed E-state index contributed by atoms with van der Waals surface area (Å²) in [6.45, 7) is 6.88. The molecule has 0 radical (unpaired) electrons. The maximum atomic E-state index is 5.87. The number of nitrogens with one attached hydrogen (secondary N) is 1. The minimum Gasteiger partial charge on any atom is -0.368 e. The van der Waals surface area contributed by atoms with Gasteiger partial charge in [-0.2, -0.15) is 0 Å². The highest BCUT2D eigenvalue weighted by molar-refractivity contribution is 7.18. The third-order valence-corrected chi connectivity index (χ3v) is 4.66. The Balaban J connectivity index is 2.16. The van der Waals surface area contributed by atoms with Crippen LogP contribution < -0.4 is 11.1 Å². The lowest BCUT2D eigenvalue weighted by Crippen LogP contribution is -2.25. The standard InChI is InChI=1S/C16H19N5S/c1-9(17)8-19-15-13-10(2)11(3)22-16(13)21-14(20-15)12-4-6-18-7-5-12/h4-7,9H,8,17H2,1-3H3,(H,19,20,21)/t9-/m0/s1. The first kappa shape index (κ1) is 14.9. The first-order chi connectivity index (χ1) is 10.6. The van der Waals surface area contributed by atoms with E-state index >= 15 is 0 Å². The zero-order chi connectivity index (χ0) is 15.7. The van der Waals surface area contributed by atoms with E-state index in [2.05, 4.69) is 24.1 Å². The zero-order valence-electron chi connectivity index (χ0n) is 12.9. The second kappa shape index (κ2) is 5.98. The van der Waals surface area contributed by atoms with E-state index in [1.165, 1.54) is 10.4 Å². The van der Waals surface area contributed by atoms with Crippen LogP contribution in [0.25, 0.3) is 21.6 Å². The first-order valence-electron chi connectivity index (χ1n) is 7.24. The lowest BCUT2D eigenvalue weighted by Gasteiger charge is -2.11. The summed E-state index contributed by atoms with van der Waals surface area (Å²) >= 11 is 1.70. The van der Waals surface area contributed by atoms with Crippen molar-refractivity contribution in [3.8, 4) is 11.4 Å². The maximum Gasteiger partial charge on any atom is 0.163 e. The molecular weight excluding hydrogens is 294 g/mol. The number of nitrogens with two attached hydrogens (primary N) is 1. The van der Waals surface area contributed by atoms with E-state index in [0.29, 0.717) is 12.4 Å². The Kier molecular flexibility index (Phi) is 4.04. The van der Waals surface area contributed by atoms with Gasteiger partial charge in [-0.3, -0.25) is 4.98 Å². The second-order valence-electron chi connectivity index (χ2n) is 5.45. The van der Waals surface area contributed by atoms with Crippen molar-refractivity contribution in [3.63, 3.8) is 0 Å². The smallest absolute Gasteiger partial charge is 0.163 e. The average Bonchev–Trinajstić information content (AvgIpc) is 2.80. The molecule has 0 aliphatic carbocycles. The molecule has 0 aliphatic rings. The summed E-state index contributed by atoms with van der Waals surface area (Å²) in [5, 5.41) is 4.46. The highest BCUT2D eigenvalue weighted by Gasteiger charge is 2.15. The van der Waals surface area contributed by atoms with Crippen molar-refractivity contribution in [2.45, 2.75) is 26.8 Å². The van der Waals surface area contributed by atoms with E-state index in [4.69, 9.17) is 15.7 Å². The van der Waals surface area contributed by atoms with E-state index < -0.39 is 0 Å². The van der Waals surface area contributed by atoms with Crippen molar-refractivity contribution in [1.82, 2.24) is 15.0 Å². The van der Waals surface area contributed by atoms with Crippen molar-refractivity contribution < 1.29 is 0 Å². The molecule has 0 aromatic carbocycles. The Hall–Kier alpha value is -2.05. The van der Waals surface area contributed by atoms with Crippen LogP contribution in [0.1, 0.15) is 17.4 Å². The van der Waals surface area contributed by atoms with E-state index in [0.717, 1.165) is 21.6 Å². The minimum atomic E-state index is 0.0643. The van der Waals surface area contributed by atoms with Crippen LogP contribution in [0.3, 0.4) is 0 Å². The summed E-state index contributed by atoms with van der Waals surface area (Å²) < 4.78 is 0. The van der Waals surface area contributed by atoms with Crippen molar-refractivity contribution in [3.05, 3.63) is 35.0 Å². The Morgan fingerprint density at radius 3 is 2.64 bits per heavy atom. The molecule has 6 heteroatoms. The fourth-order valence-electron chi connectivity index (χ4n) is 2.27. The Bertz CT molecular complexity index is 795. The zero-order valence-corrected chi connectivity index (χ0v) is 13.7. The van der Waals surface area contributed by atoms with Crippen LogP contribution >= 0.6 is 11.3 Å². The number of rotatable bonds is 4. The quantitative estimate of drug-likeness (QED) is 0.774. The Labute approximate surface area is 133 Å². The topological polar surface area (TPSA) is 76.7 Å². The summed E-state index contributed by atoms with van der Waals surface area (Å²) in [6.07, 6.45) is 3.51. The number of aryl methyl sites for hydroxylation is 2. The van der Waals surface area contributed by atoms with E-state index in [-0.39, 0.29) is 6.04 Å². The number of thiophene rings is 1. The molecule has 0 saturated carbocycles. The lowest BCUT2D eigenvalue weighted by molar-refractivity contribution is 0.778. The molecule has 3 heterocycles.